The van der Waals surface area contributed by atoms with Gasteiger partial charge in [0.25, 0.3) is 0 Å². The molecule has 0 aromatic carbocycles. The van der Waals surface area contributed by atoms with Crippen LogP contribution in [0.15, 0.2) is 20.7 Å². The lowest BCUT2D eigenvalue weighted by atomic mass is 10.3. The second kappa shape index (κ2) is 2.91. The summed E-state index contributed by atoms with van der Waals surface area (Å²) < 4.78 is 0. The molecule has 1 aliphatic heterocycles. The summed E-state index contributed by atoms with van der Waals surface area (Å²) in [6.45, 7) is 2.03. The molecule has 0 aromatic rings. The molecule has 50 valence electrons. The number of rotatable bonds is 2. The van der Waals surface area contributed by atoms with Gasteiger partial charge < -0.3 is 0 Å². The van der Waals surface area contributed by atoms with Crippen molar-refractivity contribution in [1.29, 1.82) is 0 Å². The molecule has 0 radical (unpaired) electrons. The number of hydrogen-bond acceptors (Lipinski definition) is 5. The van der Waals surface area contributed by atoms with E-state index in [1.54, 1.807) is 0 Å². The van der Waals surface area contributed by atoms with E-state index in [1.165, 1.54) is 0 Å². The highest BCUT2D eigenvalue weighted by molar-refractivity contribution is 7.81. The van der Waals surface area contributed by atoms with Crippen molar-refractivity contribution in [2.24, 2.45) is 20.7 Å². The predicted molar refractivity (Wildman–Crippen MR) is 36.6 cm³/mol. The summed E-state index contributed by atoms with van der Waals surface area (Å²) in [4.78, 5) is 0. The Hall–Kier alpha value is -0.450. The van der Waals surface area contributed by atoms with Crippen LogP contribution in [0.5, 0.6) is 0 Å². The molecule has 0 aliphatic carbocycles. The molecule has 4 nitrogen and oxygen atoms in total. The van der Waals surface area contributed by atoms with E-state index in [9.17, 15) is 0 Å². The standard InChI is InChI=1S/C4H8N4S/c1-2-3(9)4-5-7-8-6-4/h3-4,9H,2H2,1H3. The van der Waals surface area contributed by atoms with Crippen LogP contribution in [0.25, 0.3) is 0 Å². The largest absolute Gasteiger partial charge is 0.196 e. The molecule has 0 bridgehead atoms. The molecule has 0 saturated carbocycles. The topological polar surface area (TPSA) is 49.4 Å². The van der Waals surface area contributed by atoms with Crippen LogP contribution in [-0.4, -0.2) is 11.4 Å². The second-order valence-corrected chi connectivity index (χ2v) is 2.46. The zero-order valence-electron chi connectivity index (χ0n) is 5.10. The van der Waals surface area contributed by atoms with Gasteiger partial charge in [0.2, 0.25) is 0 Å². The summed E-state index contributed by atoms with van der Waals surface area (Å²) in [6, 6.07) is 0. The molecule has 1 aliphatic rings. The summed E-state index contributed by atoms with van der Waals surface area (Å²) in [5.41, 5.74) is 0. The molecule has 0 aromatic heterocycles. The van der Waals surface area contributed by atoms with Gasteiger partial charge in [-0.3, -0.25) is 0 Å². The third-order valence-corrected chi connectivity index (χ3v) is 1.77. The third kappa shape index (κ3) is 1.48. The highest BCUT2D eigenvalue weighted by atomic mass is 32.1. The molecular weight excluding hydrogens is 136 g/mol. The Morgan fingerprint density at radius 1 is 1.44 bits per heavy atom. The van der Waals surface area contributed by atoms with E-state index >= 15 is 0 Å². The van der Waals surface area contributed by atoms with E-state index in [2.05, 4.69) is 33.3 Å². The normalized spacial score (nSPS) is 21.1. The molecular formula is C4H8N4S. The lowest BCUT2D eigenvalue weighted by Gasteiger charge is -2.05. The third-order valence-electron chi connectivity index (χ3n) is 1.14. The maximum atomic E-state index is 4.22. The highest BCUT2D eigenvalue weighted by Crippen LogP contribution is 2.16. The Morgan fingerprint density at radius 3 is 2.44 bits per heavy atom. The van der Waals surface area contributed by atoms with Crippen LogP contribution in [-0.2, 0) is 0 Å². The summed E-state index contributed by atoms with van der Waals surface area (Å²) in [6.07, 6.45) is 0.796. The van der Waals surface area contributed by atoms with Crippen molar-refractivity contribution in [1.82, 2.24) is 0 Å². The quantitative estimate of drug-likeness (QED) is 0.575. The minimum Gasteiger partial charge on any atom is -0.172 e. The SMILES string of the molecule is CCC(S)C1N=NN=N1. The number of hydrogen-bond donors (Lipinski definition) is 1. The van der Waals surface area contributed by atoms with Crippen LogP contribution in [0, 0.1) is 0 Å². The molecule has 5 heteroatoms. The van der Waals surface area contributed by atoms with Gasteiger partial charge in [-0.2, -0.15) is 12.6 Å². The second-order valence-electron chi connectivity index (χ2n) is 1.80. The molecule has 1 heterocycles. The first-order valence-electron chi connectivity index (χ1n) is 2.82. The van der Waals surface area contributed by atoms with Gasteiger partial charge in [-0.05, 0) is 16.9 Å². The summed E-state index contributed by atoms with van der Waals surface area (Å²) >= 11 is 4.22. The minimum atomic E-state index is -0.140. The molecule has 0 amide bonds. The molecule has 0 spiro atoms. The maximum absolute atomic E-state index is 4.22. The average molecular weight is 144 g/mol. The molecule has 1 unspecified atom stereocenters. The maximum Gasteiger partial charge on any atom is 0.196 e. The first-order chi connectivity index (χ1) is 4.34. The molecule has 1 rings (SSSR count). The van der Waals surface area contributed by atoms with Crippen molar-refractivity contribution >= 4 is 12.6 Å². The summed E-state index contributed by atoms with van der Waals surface area (Å²) in [5, 5.41) is 14.3. The Bertz CT molecular complexity index is 132. The van der Waals surface area contributed by atoms with E-state index in [0.29, 0.717) is 0 Å². The first kappa shape index (κ1) is 6.67. The molecule has 1 atom stereocenters. The molecule has 9 heavy (non-hydrogen) atoms. The molecule has 0 N–H and O–H groups in total. The minimum absolute atomic E-state index is 0.140. The molecule has 0 fully saturated rings. The monoisotopic (exact) mass is 144 g/mol. The van der Waals surface area contributed by atoms with Crippen LogP contribution in [0.3, 0.4) is 0 Å². The fraction of sp³-hybridized carbons (Fsp3) is 1.00. The molecule has 0 saturated heterocycles. The van der Waals surface area contributed by atoms with E-state index in [4.69, 9.17) is 0 Å². The van der Waals surface area contributed by atoms with Gasteiger partial charge in [0.1, 0.15) is 0 Å². The van der Waals surface area contributed by atoms with E-state index in [1.807, 2.05) is 6.92 Å². The van der Waals surface area contributed by atoms with Crippen LogP contribution in [0.4, 0.5) is 0 Å². The Labute approximate surface area is 58.8 Å². The lowest BCUT2D eigenvalue weighted by Crippen LogP contribution is -2.12. The summed E-state index contributed by atoms with van der Waals surface area (Å²) in [7, 11) is 0. The fourth-order valence-corrected chi connectivity index (χ4v) is 0.659. The van der Waals surface area contributed by atoms with Gasteiger partial charge in [-0.1, -0.05) is 6.92 Å². The average Bonchev–Trinajstić information content (AvgIpc) is 2.37. The smallest absolute Gasteiger partial charge is 0.172 e. The van der Waals surface area contributed by atoms with E-state index in [0.717, 1.165) is 6.42 Å². The zero-order chi connectivity index (χ0) is 6.69. The van der Waals surface area contributed by atoms with Crippen LogP contribution < -0.4 is 0 Å². The van der Waals surface area contributed by atoms with Crippen molar-refractivity contribution < 1.29 is 0 Å². The van der Waals surface area contributed by atoms with Gasteiger partial charge in [0, 0.05) is 5.25 Å². The Kier molecular flexibility index (Phi) is 2.16. The summed E-state index contributed by atoms with van der Waals surface area (Å²) in [5.74, 6) is 0. The van der Waals surface area contributed by atoms with E-state index < -0.39 is 0 Å². The predicted octanol–water partition coefficient (Wildman–Crippen LogP) is 1.85. The van der Waals surface area contributed by atoms with Gasteiger partial charge in [-0.15, -0.1) is 10.2 Å². The van der Waals surface area contributed by atoms with Gasteiger partial charge in [0.05, 0.1) is 0 Å². The van der Waals surface area contributed by atoms with Crippen LogP contribution in [0.1, 0.15) is 13.3 Å². The van der Waals surface area contributed by atoms with Crippen molar-refractivity contribution in [3.05, 3.63) is 0 Å². The zero-order valence-corrected chi connectivity index (χ0v) is 5.99. The van der Waals surface area contributed by atoms with Crippen molar-refractivity contribution in [2.45, 2.75) is 24.8 Å². The van der Waals surface area contributed by atoms with Gasteiger partial charge >= 0.3 is 0 Å². The van der Waals surface area contributed by atoms with Gasteiger partial charge in [0.15, 0.2) is 6.17 Å². The highest BCUT2D eigenvalue weighted by Gasteiger charge is 2.16. The Balaban J connectivity index is 2.43. The fourth-order valence-electron chi connectivity index (χ4n) is 0.540. The van der Waals surface area contributed by atoms with Crippen molar-refractivity contribution in [2.75, 3.05) is 0 Å². The van der Waals surface area contributed by atoms with Crippen molar-refractivity contribution in [3.63, 3.8) is 0 Å². The van der Waals surface area contributed by atoms with Crippen molar-refractivity contribution in [3.8, 4) is 0 Å². The number of nitrogens with zero attached hydrogens (tertiary/aromatic N) is 4. The Morgan fingerprint density at radius 2 is 2.00 bits per heavy atom. The van der Waals surface area contributed by atoms with E-state index in [-0.39, 0.29) is 11.4 Å². The van der Waals surface area contributed by atoms with Crippen LogP contribution >= 0.6 is 12.6 Å². The lowest BCUT2D eigenvalue weighted by molar-refractivity contribution is 0.644. The van der Waals surface area contributed by atoms with Gasteiger partial charge in [-0.25, -0.2) is 0 Å². The number of thiol groups is 1. The first-order valence-corrected chi connectivity index (χ1v) is 3.34. The van der Waals surface area contributed by atoms with Crippen LogP contribution in [0.2, 0.25) is 0 Å².